The minimum Gasteiger partial charge on any atom is -0.350 e. The van der Waals surface area contributed by atoms with Gasteiger partial charge in [-0.05, 0) is 30.3 Å². The molecule has 5 N–H and O–H groups in total. The van der Waals surface area contributed by atoms with E-state index in [1.54, 1.807) is 0 Å². The lowest BCUT2D eigenvalue weighted by molar-refractivity contribution is -0.432. The first-order valence-electron chi connectivity index (χ1n) is 12.7. The van der Waals surface area contributed by atoms with Crippen LogP contribution in [-0.2, 0) is 29.6 Å². The van der Waals surface area contributed by atoms with Gasteiger partial charge in [0.1, 0.15) is 4.90 Å². The Kier molecular flexibility index (Phi) is 6.57. The molecule has 7 aromatic rings. The van der Waals surface area contributed by atoms with E-state index < -0.39 is 62.6 Å². The molecule has 15 nitrogen and oxygen atoms in total. The molecule has 0 radical (unpaired) electrons. The zero-order valence-corrected chi connectivity index (χ0v) is 24.8. The van der Waals surface area contributed by atoms with Gasteiger partial charge in [0.05, 0.1) is 54.7 Å². The maximum Gasteiger partial charge on any atom is 0.296 e. The Balaban J connectivity index is 1.79. The van der Waals surface area contributed by atoms with Crippen LogP contribution in [0.1, 0.15) is 0 Å². The van der Waals surface area contributed by atoms with E-state index in [2.05, 4.69) is 19.3 Å². The molecule has 6 aromatic carbocycles. The molecule has 1 heterocycles. The lowest BCUT2D eigenvalue weighted by Crippen LogP contribution is -2.17. The van der Waals surface area contributed by atoms with Crippen molar-refractivity contribution in [3.63, 3.8) is 0 Å². The lowest BCUT2D eigenvalue weighted by Gasteiger charge is -2.14. The fourth-order valence-electron chi connectivity index (χ4n) is 5.72. The van der Waals surface area contributed by atoms with Crippen molar-refractivity contribution in [2.45, 2.75) is 14.7 Å². The maximum absolute atomic E-state index is 13.9. The van der Waals surface area contributed by atoms with Crippen LogP contribution in [0, 0.1) is 0 Å². The molecule has 0 atom stereocenters. The van der Waals surface area contributed by atoms with Crippen LogP contribution in [0.3, 0.4) is 0 Å². The van der Waals surface area contributed by atoms with Crippen LogP contribution in [0.2, 0.25) is 0 Å². The van der Waals surface area contributed by atoms with Crippen molar-refractivity contribution in [2.75, 3.05) is 0 Å². The number of rotatable bonds is 5. The van der Waals surface area contributed by atoms with Crippen molar-refractivity contribution in [1.82, 2.24) is 9.97 Å². The molecule has 0 unspecified atom stereocenters. The second kappa shape index (κ2) is 10.1. The molecule has 18 heteroatoms. The van der Waals surface area contributed by atoms with E-state index in [0.717, 1.165) is 24.3 Å². The number of aromatic nitrogens is 2. The van der Waals surface area contributed by atoms with Gasteiger partial charge in [-0.15, -0.1) is 4.33 Å². The Morgan fingerprint density at radius 1 is 0.587 bits per heavy atom. The number of H-pyrrole nitrogens is 2. The van der Waals surface area contributed by atoms with Crippen LogP contribution >= 0.6 is 12.0 Å². The molecule has 0 aliphatic carbocycles. The van der Waals surface area contributed by atoms with Crippen molar-refractivity contribution >= 4 is 97.4 Å². The molecule has 0 saturated carbocycles. The third kappa shape index (κ3) is 4.31. The highest BCUT2D eigenvalue weighted by atomic mass is 32.2. The zero-order valence-electron chi connectivity index (χ0n) is 22.3. The fourth-order valence-corrected chi connectivity index (χ4v) is 7.41. The standard InChI is InChI=1S/C28H14N2O13S3/c31-25-11-3-1-2-4-12(11)27(33)20-16(25)9-18(46(39,40)41)22-24(20)29-21-17(44-43-42-35)8-15-19(23(21)30-22)28(34)14-7-10(45(36,37)38)5-6-13(14)26(15)32/h1-9,29-30,35H,(H,36,37,38)(H,39,40,41). The van der Waals surface area contributed by atoms with Gasteiger partial charge in [-0.1, -0.05) is 29.3 Å². The third-order valence-corrected chi connectivity index (χ3v) is 10.0. The first kappa shape index (κ1) is 29.9. The summed E-state index contributed by atoms with van der Waals surface area (Å²) in [6.45, 7) is 0. The first-order chi connectivity index (χ1) is 21.7. The van der Waals surface area contributed by atoms with E-state index in [-0.39, 0.29) is 59.1 Å². The zero-order chi connectivity index (χ0) is 32.9. The Morgan fingerprint density at radius 2 is 1.13 bits per heavy atom. The van der Waals surface area contributed by atoms with Crippen molar-refractivity contribution in [3.05, 3.63) is 95.5 Å². The molecule has 0 amide bonds. The van der Waals surface area contributed by atoms with E-state index in [4.69, 9.17) is 5.26 Å². The summed E-state index contributed by atoms with van der Waals surface area (Å²) in [5.41, 5.74) is -4.27. The first-order valence-corrected chi connectivity index (χ1v) is 16.3. The van der Waals surface area contributed by atoms with E-state index in [1.807, 2.05) is 0 Å². The highest BCUT2D eigenvalue weighted by molar-refractivity contribution is 7.94. The topological polar surface area (TPSA) is 247 Å². The molecule has 46 heavy (non-hydrogen) atoms. The molecule has 0 aliphatic heterocycles. The quantitative estimate of drug-likeness (QED) is 0.0437. The minimum atomic E-state index is -5.13. The Hall–Kier alpha value is -4.79. The molecule has 0 saturated heterocycles. The average molecular weight is 683 g/mol. The van der Waals surface area contributed by atoms with Gasteiger partial charge in [0.2, 0.25) is 0 Å². The van der Waals surface area contributed by atoms with E-state index in [0.29, 0.717) is 12.0 Å². The summed E-state index contributed by atoms with van der Waals surface area (Å²) in [4.78, 5) is 58.7. The van der Waals surface area contributed by atoms with Crippen molar-refractivity contribution < 1.29 is 40.6 Å². The average Bonchev–Trinajstić information content (AvgIpc) is 3.02. The number of hydrogen-bond donors (Lipinski definition) is 5. The van der Waals surface area contributed by atoms with Gasteiger partial charge >= 0.3 is 0 Å². The summed E-state index contributed by atoms with van der Waals surface area (Å²) in [5.74, 6) is 0. The van der Waals surface area contributed by atoms with E-state index >= 15 is 0 Å². The van der Waals surface area contributed by atoms with Crippen molar-refractivity contribution in [1.29, 1.82) is 0 Å². The van der Waals surface area contributed by atoms with Crippen LogP contribution in [0.15, 0.2) is 88.5 Å². The largest absolute Gasteiger partial charge is 0.350 e. The van der Waals surface area contributed by atoms with Gasteiger partial charge in [0.25, 0.3) is 20.2 Å². The molecule has 1 aromatic heterocycles. The second-order valence-corrected chi connectivity index (χ2v) is 13.6. The predicted octanol–water partition coefficient (Wildman–Crippen LogP) is 3.06. The third-order valence-electron chi connectivity index (χ3n) is 7.65. The molecular weight excluding hydrogens is 669 g/mol. The summed E-state index contributed by atoms with van der Waals surface area (Å²) < 4.78 is 73.3. The molecule has 232 valence electrons. The summed E-state index contributed by atoms with van der Waals surface area (Å²) >= 11 is 0.340. The highest BCUT2D eigenvalue weighted by Gasteiger charge is 2.25. The minimum absolute atomic E-state index is 0.00347. The summed E-state index contributed by atoms with van der Waals surface area (Å²) in [7, 11) is -9.93. The van der Waals surface area contributed by atoms with Crippen LogP contribution in [0.25, 0.3) is 65.2 Å². The molecule has 0 fully saturated rings. The van der Waals surface area contributed by atoms with Crippen LogP contribution in [0.4, 0.5) is 0 Å². The maximum atomic E-state index is 13.9. The van der Waals surface area contributed by atoms with Gasteiger partial charge in [-0.25, -0.2) is 5.26 Å². The monoisotopic (exact) mass is 682 g/mol. The fraction of sp³-hybridized carbons (Fsp3) is 0. The number of fused-ring (bicyclic) bond motifs is 8. The van der Waals surface area contributed by atoms with Crippen molar-refractivity contribution in [3.8, 4) is 0 Å². The van der Waals surface area contributed by atoms with Gasteiger partial charge in [0, 0.05) is 32.3 Å². The van der Waals surface area contributed by atoms with E-state index in [1.165, 1.54) is 30.3 Å². The van der Waals surface area contributed by atoms with Gasteiger partial charge in [-0.3, -0.25) is 28.3 Å². The Morgan fingerprint density at radius 3 is 1.74 bits per heavy atom. The molecule has 7 rings (SSSR count). The Bertz CT molecular complexity index is 2990. The Labute approximate surface area is 257 Å². The SMILES string of the molecule is O=c1c2ccc(S(=O)(=O)O)cc2c(=O)c2c1cc(SOOO)c1[nH]c3c([nH]c12)c(S(=O)(=O)O)cc1c(=O)c2ccccc2c(=O)c13. The number of aromatic amines is 2. The highest BCUT2D eigenvalue weighted by Crippen LogP contribution is 2.36. The van der Waals surface area contributed by atoms with Crippen molar-refractivity contribution in [2.24, 2.45) is 0 Å². The van der Waals surface area contributed by atoms with Crippen LogP contribution in [-0.4, -0.2) is 41.2 Å². The molecular formula is C28H14N2O13S3. The van der Waals surface area contributed by atoms with Gasteiger partial charge in [-0.2, -0.15) is 16.8 Å². The second-order valence-electron chi connectivity index (χ2n) is 10.1. The molecule has 0 aliphatic rings. The number of nitrogens with one attached hydrogen (secondary N) is 2. The number of hydrogen-bond acceptors (Lipinski definition) is 12. The number of benzene rings is 6. The molecule has 0 bridgehead atoms. The van der Waals surface area contributed by atoms with E-state index in [9.17, 15) is 45.1 Å². The van der Waals surface area contributed by atoms with Crippen LogP contribution < -0.4 is 21.7 Å². The summed E-state index contributed by atoms with van der Waals surface area (Å²) in [6.07, 6.45) is 0. The smallest absolute Gasteiger partial charge is 0.296 e. The normalized spacial score (nSPS) is 12.8. The molecule has 0 spiro atoms. The lowest BCUT2D eigenvalue weighted by atomic mass is 9.99. The summed E-state index contributed by atoms with van der Waals surface area (Å²) in [5, 5.41) is 10.6. The van der Waals surface area contributed by atoms with Gasteiger partial charge < -0.3 is 9.97 Å². The predicted molar refractivity (Wildman–Crippen MR) is 167 cm³/mol. The van der Waals surface area contributed by atoms with Crippen LogP contribution in [0.5, 0.6) is 0 Å². The summed E-state index contributed by atoms with van der Waals surface area (Å²) in [6, 6.07) is 10.6. The van der Waals surface area contributed by atoms with Gasteiger partial charge in [0.15, 0.2) is 21.7 Å².